The summed E-state index contributed by atoms with van der Waals surface area (Å²) in [6.07, 6.45) is 3.35. The molecule has 1 aromatic heterocycles. The second-order valence-corrected chi connectivity index (χ2v) is 6.64. The van der Waals surface area contributed by atoms with Crippen molar-refractivity contribution in [1.82, 2.24) is 20.2 Å². The molecule has 6 nitrogen and oxygen atoms in total. The molecule has 0 radical (unpaired) electrons. The van der Waals surface area contributed by atoms with E-state index in [1.807, 2.05) is 20.8 Å². The number of nitrogens with zero attached hydrogens (tertiary/aromatic N) is 2. The lowest BCUT2D eigenvalue weighted by molar-refractivity contribution is 0.0278. The average molecular weight is 278 g/mol. The van der Waals surface area contributed by atoms with E-state index in [4.69, 9.17) is 4.74 Å². The van der Waals surface area contributed by atoms with Crippen LogP contribution in [0.2, 0.25) is 0 Å². The number of aromatic nitrogens is 2. The van der Waals surface area contributed by atoms with Crippen molar-refractivity contribution in [3.05, 3.63) is 17.7 Å². The first-order valence-electron chi connectivity index (χ1n) is 7.15. The van der Waals surface area contributed by atoms with Gasteiger partial charge in [-0.3, -0.25) is 0 Å². The van der Waals surface area contributed by atoms with Gasteiger partial charge in [-0.05, 0) is 27.2 Å². The normalized spacial score (nSPS) is 25.9. The molecule has 20 heavy (non-hydrogen) atoms. The maximum absolute atomic E-state index is 12.2. The van der Waals surface area contributed by atoms with E-state index in [9.17, 15) is 4.79 Å². The van der Waals surface area contributed by atoms with E-state index < -0.39 is 5.60 Å². The Morgan fingerprint density at radius 2 is 2.30 bits per heavy atom. The lowest BCUT2D eigenvalue weighted by atomic mass is 9.89. The number of amides is 1. The van der Waals surface area contributed by atoms with Crippen LogP contribution in [0.5, 0.6) is 0 Å². The molecule has 6 heteroatoms. The minimum absolute atomic E-state index is 0.204. The van der Waals surface area contributed by atoms with Gasteiger partial charge in [0.25, 0.3) is 0 Å². The highest BCUT2D eigenvalue weighted by Crippen LogP contribution is 2.35. The first-order valence-corrected chi connectivity index (χ1v) is 7.15. The van der Waals surface area contributed by atoms with Crippen LogP contribution in [-0.2, 0) is 16.7 Å². The third kappa shape index (κ3) is 2.28. The quantitative estimate of drug-likeness (QED) is 0.752. The van der Waals surface area contributed by atoms with Crippen LogP contribution < -0.4 is 5.32 Å². The molecule has 110 valence electrons. The van der Waals surface area contributed by atoms with Gasteiger partial charge in [-0.15, -0.1) is 0 Å². The summed E-state index contributed by atoms with van der Waals surface area (Å²) in [5.74, 6) is 0. The zero-order valence-corrected chi connectivity index (χ0v) is 12.3. The number of H-pyrrole nitrogens is 1. The van der Waals surface area contributed by atoms with Crippen LogP contribution in [0.3, 0.4) is 0 Å². The Bertz CT molecular complexity index is 519. The van der Waals surface area contributed by atoms with Gasteiger partial charge in [-0.1, -0.05) is 0 Å². The Labute approximate surface area is 118 Å². The molecular weight excluding hydrogens is 256 g/mol. The third-order valence-corrected chi connectivity index (χ3v) is 3.93. The van der Waals surface area contributed by atoms with Crippen LogP contribution in [0.4, 0.5) is 4.79 Å². The van der Waals surface area contributed by atoms with Crippen molar-refractivity contribution in [2.24, 2.45) is 0 Å². The van der Waals surface area contributed by atoms with E-state index in [2.05, 4.69) is 15.3 Å². The molecule has 1 atom stereocenters. The van der Waals surface area contributed by atoms with Crippen molar-refractivity contribution in [2.45, 2.75) is 44.8 Å². The predicted octanol–water partition coefficient (Wildman–Crippen LogP) is 1.39. The van der Waals surface area contributed by atoms with Crippen molar-refractivity contribution >= 4 is 6.09 Å². The van der Waals surface area contributed by atoms with Gasteiger partial charge in [0.1, 0.15) is 5.60 Å². The van der Waals surface area contributed by atoms with Crippen LogP contribution in [0, 0.1) is 0 Å². The highest BCUT2D eigenvalue weighted by atomic mass is 16.6. The number of fused-ring (bicyclic) bond motifs is 2. The molecule has 1 amide bonds. The van der Waals surface area contributed by atoms with E-state index in [0.29, 0.717) is 13.1 Å². The Hall–Kier alpha value is -1.56. The Morgan fingerprint density at radius 1 is 1.50 bits per heavy atom. The van der Waals surface area contributed by atoms with Crippen molar-refractivity contribution in [3.8, 4) is 0 Å². The SMILES string of the molecule is CC(C)(C)OC(=O)N1CCC2(C1)NCCc1[nH]cnc12. The number of carbonyl (C=O) groups excluding carboxylic acids is 1. The van der Waals surface area contributed by atoms with Gasteiger partial charge in [-0.25, -0.2) is 9.78 Å². The van der Waals surface area contributed by atoms with Gasteiger partial charge in [0.15, 0.2) is 0 Å². The third-order valence-electron chi connectivity index (χ3n) is 3.93. The van der Waals surface area contributed by atoms with Crippen LogP contribution >= 0.6 is 0 Å². The standard InChI is InChI=1S/C14H22N4O2/c1-13(2,3)20-12(19)18-7-5-14(8-18)11-10(4-6-17-14)15-9-16-11/h9,17H,4-8H2,1-3H3,(H,15,16). The largest absolute Gasteiger partial charge is 0.444 e. The first kappa shape index (κ1) is 13.4. The summed E-state index contributed by atoms with van der Waals surface area (Å²) in [7, 11) is 0. The van der Waals surface area contributed by atoms with E-state index in [1.54, 1.807) is 11.2 Å². The highest BCUT2D eigenvalue weighted by Gasteiger charge is 2.46. The molecule has 3 heterocycles. The van der Waals surface area contributed by atoms with Gasteiger partial charge < -0.3 is 19.9 Å². The summed E-state index contributed by atoms with van der Waals surface area (Å²) in [6, 6.07) is 0. The first-order chi connectivity index (χ1) is 9.40. The minimum Gasteiger partial charge on any atom is -0.444 e. The van der Waals surface area contributed by atoms with Crippen LogP contribution in [0.1, 0.15) is 38.6 Å². The summed E-state index contributed by atoms with van der Waals surface area (Å²) in [5.41, 5.74) is 1.60. The minimum atomic E-state index is -0.454. The lowest BCUT2D eigenvalue weighted by Gasteiger charge is -2.34. The second-order valence-electron chi connectivity index (χ2n) is 6.64. The zero-order valence-electron chi connectivity index (χ0n) is 12.3. The lowest BCUT2D eigenvalue weighted by Crippen LogP contribution is -2.50. The maximum Gasteiger partial charge on any atom is 0.410 e. The molecule has 2 N–H and O–H groups in total. The molecule has 0 bridgehead atoms. The fraction of sp³-hybridized carbons (Fsp3) is 0.714. The molecule has 1 spiro atoms. The molecule has 3 rings (SSSR count). The van der Waals surface area contributed by atoms with E-state index in [1.165, 1.54) is 5.69 Å². The summed E-state index contributed by atoms with van der Waals surface area (Å²) in [4.78, 5) is 21.6. The fourth-order valence-electron chi connectivity index (χ4n) is 3.06. The van der Waals surface area contributed by atoms with Crippen LogP contribution in [0.15, 0.2) is 6.33 Å². The molecule has 2 aliphatic heterocycles. The molecule has 1 fully saturated rings. The van der Waals surface area contributed by atoms with Crippen molar-refractivity contribution in [2.75, 3.05) is 19.6 Å². The maximum atomic E-state index is 12.2. The number of ether oxygens (including phenoxy) is 1. The molecule has 1 unspecified atom stereocenters. The number of carbonyl (C=O) groups is 1. The number of aromatic amines is 1. The zero-order chi connectivity index (χ0) is 14.4. The topological polar surface area (TPSA) is 70.2 Å². The average Bonchev–Trinajstić information content (AvgIpc) is 2.95. The van der Waals surface area contributed by atoms with E-state index in [-0.39, 0.29) is 11.6 Å². The van der Waals surface area contributed by atoms with Crippen molar-refractivity contribution in [3.63, 3.8) is 0 Å². The number of nitrogens with one attached hydrogen (secondary N) is 2. The molecule has 0 saturated carbocycles. The van der Waals surface area contributed by atoms with Crippen LogP contribution in [-0.4, -0.2) is 46.2 Å². The molecule has 0 aliphatic carbocycles. The summed E-state index contributed by atoms with van der Waals surface area (Å²) in [6.45, 7) is 7.91. The van der Waals surface area contributed by atoms with Gasteiger partial charge in [0, 0.05) is 31.7 Å². The summed E-state index contributed by atoms with van der Waals surface area (Å²) >= 11 is 0. The Morgan fingerprint density at radius 3 is 3.05 bits per heavy atom. The summed E-state index contributed by atoms with van der Waals surface area (Å²) < 4.78 is 5.46. The number of likely N-dealkylation sites (tertiary alicyclic amines) is 1. The monoisotopic (exact) mass is 278 g/mol. The smallest absolute Gasteiger partial charge is 0.410 e. The van der Waals surface area contributed by atoms with Crippen molar-refractivity contribution < 1.29 is 9.53 Å². The van der Waals surface area contributed by atoms with Crippen LogP contribution in [0.25, 0.3) is 0 Å². The highest BCUT2D eigenvalue weighted by molar-refractivity contribution is 5.69. The van der Waals surface area contributed by atoms with Crippen molar-refractivity contribution in [1.29, 1.82) is 0 Å². The van der Waals surface area contributed by atoms with E-state index >= 15 is 0 Å². The molecular formula is C14H22N4O2. The molecule has 1 saturated heterocycles. The van der Waals surface area contributed by atoms with E-state index in [0.717, 1.165) is 25.1 Å². The molecule has 1 aromatic rings. The number of hydrogen-bond acceptors (Lipinski definition) is 4. The number of rotatable bonds is 0. The van der Waals surface area contributed by atoms with Gasteiger partial charge >= 0.3 is 6.09 Å². The Balaban J connectivity index is 1.76. The van der Waals surface area contributed by atoms with Gasteiger partial charge in [0.05, 0.1) is 17.6 Å². The predicted molar refractivity (Wildman–Crippen MR) is 74.4 cm³/mol. The Kier molecular flexibility index (Phi) is 3.01. The molecule has 0 aromatic carbocycles. The summed E-state index contributed by atoms with van der Waals surface area (Å²) in [5, 5.41) is 3.55. The second kappa shape index (κ2) is 4.48. The molecule has 2 aliphatic rings. The number of hydrogen-bond donors (Lipinski definition) is 2. The number of imidazole rings is 1. The van der Waals surface area contributed by atoms with Gasteiger partial charge in [0.2, 0.25) is 0 Å². The fourth-order valence-corrected chi connectivity index (χ4v) is 3.06. The van der Waals surface area contributed by atoms with Gasteiger partial charge in [-0.2, -0.15) is 0 Å².